The van der Waals surface area contributed by atoms with Crippen LogP contribution < -0.4 is 9.47 Å². The minimum absolute atomic E-state index is 0.181. The monoisotopic (exact) mass is 541 g/mol. The van der Waals surface area contributed by atoms with Crippen molar-refractivity contribution in [2.75, 3.05) is 20.3 Å². The summed E-state index contributed by atoms with van der Waals surface area (Å²) >= 11 is 0. The number of methoxy groups -OCH3 is 1. The number of para-hydroxylation sites is 1. The zero-order valence-corrected chi connectivity index (χ0v) is 21.2. The van der Waals surface area contributed by atoms with Crippen molar-refractivity contribution < 1.29 is 37.3 Å². The van der Waals surface area contributed by atoms with Gasteiger partial charge in [0.1, 0.15) is 23.7 Å². The fourth-order valence-electron chi connectivity index (χ4n) is 3.92. The van der Waals surface area contributed by atoms with E-state index < -0.39 is 23.4 Å². The Morgan fingerprint density at radius 2 is 1.82 bits per heavy atom. The molecule has 0 spiro atoms. The molecule has 0 saturated heterocycles. The van der Waals surface area contributed by atoms with E-state index in [0.29, 0.717) is 41.1 Å². The van der Waals surface area contributed by atoms with Crippen molar-refractivity contribution in [1.82, 2.24) is 14.8 Å². The number of aromatic nitrogens is 3. The normalized spacial score (nSPS) is 11.4. The lowest BCUT2D eigenvalue weighted by atomic mass is 10.1. The van der Waals surface area contributed by atoms with Gasteiger partial charge in [-0.3, -0.25) is 0 Å². The molecular weight excluding hydrogens is 515 g/mol. The number of hydrogen-bond donors (Lipinski definition) is 1. The summed E-state index contributed by atoms with van der Waals surface area (Å²) in [5, 5.41) is 12.9. The smallest absolute Gasteiger partial charge is 0.434 e. The van der Waals surface area contributed by atoms with E-state index in [1.807, 2.05) is 25.1 Å². The van der Waals surface area contributed by atoms with E-state index in [4.69, 9.17) is 14.2 Å². The Balaban J connectivity index is 1.57. The number of aromatic carboxylic acids is 1. The van der Waals surface area contributed by atoms with Gasteiger partial charge in [0.15, 0.2) is 11.5 Å². The maximum atomic E-state index is 13.7. The van der Waals surface area contributed by atoms with Crippen molar-refractivity contribution in [3.63, 3.8) is 0 Å². The number of pyridine rings is 1. The molecule has 0 bridgehead atoms. The lowest BCUT2D eigenvalue weighted by molar-refractivity contribution is -0.143. The van der Waals surface area contributed by atoms with E-state index in [-0.39, 0.29) is 12.4 Å². The first-order chi connectivity index (χ1) is 18.7. The minimum Gasteiger partial charge on any atom is -0.493 e. The fraction of sp³-hybridized carbons (Fsp3) is 0.250. The second-order valence-electron chi connectivity index (χ2n) is 8.57. The Morgan fingerprint density at radius 3 is 2.54 bits per heavy atom. The number of hydrogen-bond acceptors (Lipinski definition) is 6. The molecule has 2 aromatic heterocycles. The first-order valence-electron chi connectivity index (χ1n) is 12.0. The molecule has 0 fully saturated rings. The summed E-state index contributed by atoms with van der Waals surface area (Å²) in [4.78, 5) is 15.7. The van der Waals surface area contributed by atoms with Crippen LogP contribution in [0.1, 0.15) is 33.6 Å². The van der Waals surface area contributed by atoms with Crippen LogP contribution in [0.25, 0.3) is 17.1 Å². The van der Waals surface area contributed by atoms with Crippen molar-refractivity contribution in [3.05, 3.63) is 89.2 Å². The van der Waals surface area contributed by atoms with Crippen LogP contribution in [0.4, 0.5) is 13.2 Å². The van der Waals surface area contributed by atoms with Crippen LogP contribution in [0, 0.1) is 6.92 Å². The van der Waals surface area contributed by atoms with Crippen LogP contribution >= 0.6 is 0 Å². The van der Waals surface area contributed by atoms with Gasteiger partial charge in [-0.25, -0.2) is 14.5 Å². The quantitative estimate of drug-likeness (QED) is 0.234. The Kier molecular flexibility index (Phi) is 8.50. The molecule has 0 radical (unpaired) electrons. The van der Waals surface area contributed by atoms with Crippen molar-refractivity contribution in [1.29, 1.82) is 0 Å². The second-order valence-corrected chi connectivity index (χ2v) is 8.57. The summed E-state index contributed by atoms with van der Waals surface area (Å²) in [5.74, 6) is -0.690. The van der Waals surface area contributed by atoms with Gasteiger partial charge in [-0.1, -0.05) is 24.3 Å². The van der Waals surface area contributed by atoms with Gasteiger partial charge in [-0.05, 0) is 54.4 Å². The summed E-state index contributed by atoms with van der Waals surface area (Å²) in [6.07, 6.45) is -3.51. The predicted octanol–water partition coefficient (Wildman–Crippen LogP) is 5.95. The molecule has 0 aliphatic heterocycles. The predicted molar refractivity (Wildman–Crippen MR) is 136 cm³/mol. The molecule has 4 aromatic rings. The topological polar surface area (TPSA) is 95.7 Å². The minimum atomic E-state index is -4.95. The molecule has 1 N–H and O–H groups in total. The first-order valence-corrected chi connectivity index (χ1v) is 12.0. The van der Waals surface area contributed by atoms with Gasteiger partial charge in [-0.15, -0.1) is 0 Å². The molecule has 2 aromatic carbocycles. The van der Waals surface area contributed by atoms with Gasteiger partial charge in [0.05, 0.1) is 18.5 Å². The SMILES string of the molecule is COCCCOc1ccc(COc2ccccc2-c2cccc(-n3ncc(C(=O)O)c3C(F)(F)F)n2)c(C)c1. The number of carboxylic acid groups (broad SMARTS) is 1. The number of ether oxygens (including phenoxy) is 3. The van der Waals surface area contributed by atoms with Crippen molar-refractivity contribution in [2.24, 2.45) is 0 Å². The molecule has 0 saturated carbocycles. The number of alkyl halides is 3. The standard InChI is InChI=1S/C28H26F3N3O5/c1-18-15-20(38-14-6-13-37-2)12-11-19(18)17-39-24-9-4-3-7-21(24)23-8-5-10-25(33-23)34-26(28(29,30)31)22(16-32-34)27(35)36/h3-5,7-12,15-16H,6,13-14,17H2,1-2H3,(H,35,36). The van der Waals surface area contributed by atoms with Crippen LogP contribution in [-0.4, -0.2) is 46.2 Å². The lowest BCUT2D eigenvalue weighted by Gasteiger charge is -2.15. The summed E-state index contributed by atoms with van der Waals surface area (Å²) in [5.41, 5.74) is 0.424. The highest BCUT2D eigenvalue weighted by Crippen LogP contribution is 2.35. The van der Waals surface area contributed by atoms with Crippen molar-refractivity contribution >= 4 is 5.97 Å². The van der Waals surface area contributed by atoms with Crippen LogP contribution in [0.2, 0.25) is 0 Å². The molecular formula is C28H26F3N3O5. The number of rotatable bonds is 11. The highest BCUT2D eigenvalue weighted by molar-refractivity contribution is 5.89. The van der Waals surface area contributed by atoms with E-state index >= 15 is 0 Å². The molecule has 2 heterocycles. The van der Waals surface area contributed by atoms with E-state index in [1.165, 1.54) is 12.1 Å². The Bertz CT molecular complexity index is 1450. The van der Waals surface area contributed by atoms with Crippen LogP contribution in [0.15, 0.2) is 66.9 Å². The molecule has 11 heteroatoms. The number of carboxylic acids is 1. The average molecular weight is 542 g/mol. The van der Waals surface area contributed by atoms with Crippen molar-refractivity contribution in [3.8, 4) is 28.6 Å². The van der Waals surface area contributed by atoms with Gasteiger partial charge in [0.25, 0.3) is 0 Å². The van der Waals surface area contributed by atoms with Crippen LogP contribution in [-0.2, 0) is 17.5 Å². The Morgan fingerprint density at radius 1 is 1.03 bits per heavy atom. The van der Waals surface area contributed by atoms with E-state index in [0.717, 1.165) is 23.3 Å². The number of halogens is 3. The summed E-state index contributed by atoms with van der Waals surface area (Å²) in [7, 11) is 1.64. The molecule has 0 amide bonds. The fourth-order valence-corrected chi connectivity index (χ4v) is 3.92. The van der Waals surface area contributed by atoms with Crippen LogP contribution in [0.5, 0.6) is 11.5 Å². The van der Waals surface area contributed by atoms with Gasteiger partial charge in [0.2, 0.25) is 0 Å². The number of aryl methyl sites for hydroxylation is 1. The average Bonchev–Trinajstić information content (AvgIpc) is 3.38. The molecule has 204 valence electrons. The number of carbonyl (C=O) groups is 1. The van der Waals surface area contributed by atoms with Gasteiger partial charge in [-0.2, -0.15) is 18.3 Å². The molecule has 4 rings (SSSR count). The van der Waals surface area contributed by atoms with E-state index in [1.54, 1.807) is 37.4 Å². The highest BCUT2D eigenvalue weighted by atomic mass is 19.4. The zero-order chi connectivity index (χ0) is 28.0. The summed E-state index contributed by atoms with van der Waals surface area (Å²) < 4.78 is 58.4. The molecule has 0 aliphatic carbocycles. The second kappa shape index (κ2) is 12.0. The first kappa shape index (κ1) is 27.6. The third-order valence-corrected chi connectivity index (χ3v) is 5.84. The van der Waals surface area contributed by atoms with E-state index in [9.17, 15) is 23.1 Å². The Hall–Kier alpha value is -4.38. The number of benzene rings is 2. The van der Waals surface area contributed by atoms with Crippen LogP contribution in [0.3, 0.4) is 0 Å². The van der Waals surface area contributed by atoms with Gasteiger partial charge < -0.3 is 19.3 Å². The maximum Gasteiger partial charge on any atom is 0.434 e. The van der Waals surface area contributed by atoms with Crippen molar-refractivity contribution in [2.45, 2.75) is 26.1 Å². The highest BCUT2D eigenvalue weighted by Gasteiger charge is 2.41. The maximum absolute atomic E-state index is 13.7. The third kappa shape index (κ3) is 6.55. The zero-order valence-electron chi connectivity index (χ0n) is 21.2. The van der Waals surface area contributed by atoms with Gasteiger partial charge in [0, 0.05) is 25.7 Å². The molecule has 39 heavy (non-hydrogen) atoms. The summed E-state index contributed by atoms with van der Waals surface area (Å²) in [6, 6.07) is 17.2. The molecule has 0 atom stereocenters. The lowest BCUT2D eigenvalue weighted by Crippen LogP contribution is -2.18. The summed E-state index contributed by atoms with van der Waals surface area (Å²) in [6.45, 7) is 3.36. The molecule has 0 unspecified atom stereocenters. The third-order valence-electron chi connectivity index (χ3n) is 5.84. The number of nitrogens with zero attached hydrogens (tertiary/aromatic N) is 3. The molecule has 8 nitrogen and oxygen atoms in total. The molecule has 0 aliphatic rings. The van der Waals surface area contributed by atoms with Gasteiger partial charge >= 0.3 is 12.1 Å². The largest absolute Gasteiger partial charge is 0.493 e. The van der Waals surface area contributed by atoms with E-state index in [2.05, 4.69) is 10.1 Å². The Labute approximate surface area is 222 Å².